The number of rotatable bonds is 2. The van der Waals surface area contributed by atoms with Gasteiger partial charge in [-0.15, -0.1) is 0 Å². The molecule has 0 saturated carbocycles. The van der Waals surface area contributed by atoms with E-state index in [1.165, 1.54) is 16.7 Å². The van der Waals surface area contributed by atoms with Crippen molar-refractivity contribution in [1.29, 1.82) is 0 Å². The lowest BCUT2D eigenvalue weighted by Gasteiger charge is -2.27. The normalized spacial score (nSPS) is 18.2. The van der Waals surface area contributed by atoms with Gasteiger partial charge in [0.1, 0.15) is 33.7 Å². The van der Waals surface area contributed by atoms with Crippen LogP contribution in [-0.2, 0) is 6.42 Å². The highest BCUT2D eigenvalue weighted by molar-refractivity contribution is 6.19. The molecule has 0 spiro atoms. The quantitative estimate of drug-likeness (QED) is 0.200. The van der Waals surface area contributed by atoms with E-state index < -0.39 is 0 Å². The molecule has 2 aliphatic rings. The summed E-state index contributed by atoms with van der Waals surface area (Å²) in [5.41, 5.74) is 9.87. The van der Waals surface area contributed by atoms with Gasteiger partial charge in [-0.25, -0.2) is 0 Å². The van der Waals surface area contributed by atoms with E-state index in [0.717, 1.165) is 95.4 Å². The maximum Gasteiger partial charge on any atom is 0.178 e. The second-order valence-electron chi connectivity index (χ2n) is 12.8. The van der Waals surface area contributed by atoms with Crippen LogP contribution in [0.4, 0.5) is 0 Å². The number of para-hydroxylation sites is 2. The van der Waals surface area contributed by atoms with Crippen LogP contribution in [0, 0.1) is 11.8 Å². The van der Waals surface area contributed by atoms with Gasteiger partial charge in [-0.1, -0.05) is 72.8 Å². The molecule has 4 nitrogen and oxygen atoms in total. The Kier molecular flexibility index (Phi) is 4.76. The molecule has 0 saturated heterocycles. The lowest BCUT2D eigenvalue weighted by Crippen LogP contribution is -2.17. The Balaban J connectivity index is 0.916. The van der Waals surface area contributed by atoms with E-state index in [1.54, 1.807) is 0 Å². The van der Waals surface area contributed by atoms with E-state index in [2.05, 4.69) is 91.0 Å². The first-order valence-electron chi connectivity index (χ1n) is 15.9. The molecule has 0 radical (unpaired) electrons. The molecule has 218 valence electrons. The molecule has 9 aromatic rings. The Morgan fingerprint density at radius 1 is 0.478 bits per heavy atom. The fraction of sp³-hybridized carbons (Fsp3) is 0.0952. The van der Waals surface area contributed by atoms with Gasteiger partial charge in [0.15, 0.2) is 11.2 Å². The molecule has 2 aliphatic carbocycles. The van der Waals surface area contributed by atoms with Gasteiger partial charge in [0.05, 0.1) is 0 Å². The lowest BCUT2D eigenvalue weighted by atomic mass is 9.77. The number of benzene rings is 5. The first kappa shape index (κ1) is 24.6. The predicted octanol–water partition coefficient (Wildman–Crippen LogP) is 12.0. The smallest absolute Gasteiger partial charge is 0.178 e. The Labute approximate surface area is 262 Å². The summed E-state index contributed by atoms with van der Waals surface area (Å²) in [4.78, 5) is 0. The molecule has 0 fully saturated rings. The third kappa shape index (κ3) is 3.39. The topological polar surface area (TPSA) is 52.6 Å². The molecule has 4 aromatic heterocycles. The summed E-state index contributed by atoms with van der Waals surface area (Å²) in [6.07, 6.45) is 13.3. The van der Waals surface area contributed by atoms with Crippen molar-refractivity contribution in [3.8, 4) is 0 Å². The van der Waals surface area contributed by atoms with Crippen molar-refractivity contribution in [2.45, 2.75) is 12.8 Å². The predicted molar refractivity (Wildman–Crippen MR) is 186 cm³/mol. The van der Waals surface area contributed by atoms with Crippen molar-refractivity contribution < 1.29 is 17.7 Å². The van der Waals surface area contributed by atoms with E-state index >= 15 is 0 Å². The third-order valence-corrected chi connectivity index (χ3v) is 10.2. The minimum Gasteiger partial charge on any atom is -0.460 e. The number of hydrogen-bond acceptors (Lipinski definition) is 4. The van der Waals surface area contributed by atoms with Gasteiger partial charge in [-0.2, -0.15) is 0 Å². The molecule has 0 N–H and O–H groups in total. The highest BCUT2D eigenvalue weighted by atomic mass is 16.4. The number of furan rings is 4. The van der Waals surface area contributed by atoms with Gasteiger partial charge >= 0.3 is 0 Å². The van der Waals surface area contributed by atoms with E-state index in [-0.39, 0.29) is 0 Å². The van der Waals surface area contributed by atoms with Crippen LogP contribution in [0.3, 0.4) is 0 Å². The van der Waals surface area contributed by atoms with Crippen molar-refractivity contribution in [3.05, 3.63) is 132 Å². The van der Waals surface area contributed by atoms with Crippen molar-refractivity contribution in [3.63, 3.8) is 0 Å². The summed E-state index contributed by atoms with van der Waals surface area (Å²) < 4.78 is 25.4. The zero-order chi connectivity index (χ0) is 29.9. The number of fused-ring (bicyclic) bond motifs is 13. The second-order valence-corrected chi connectivity index (χ2v) is 12.8. The van der Waals surface area contributed by atoms with Gasteiger partial charge in [-0.05, 0) is 77.9 Å². The summed E-state index contributed by atoms with van der Waals surface area (Å²) in [6, 6.07) is 31.6. The largest absolute Gasteiger partial charge is 0.460 e. The molecule has 2 unspecified atom stereocenters. The first-order chi connectivity index (χ1) is 22.7. The highest BCUT2D eigenvalue weighted by Gasteiger charge is 2.28. The van der Waals surface area contributed by atoms with E-state index in [0.29, 0.717) is 11.8 Å². The van der Waals surface area contributed by atoms with Crippen LogP contribution in [-0.4, -0.2) is 0 Å². The summed E-state index contributed by atoms with van der Waals surface area (Å²) >= 11 is 0. The maximum absolute atomic E-state index is 6.53. The molecular weight excluding hydrogens is 568 g/mol. The number of allylic oxidation sites excluding steroid dienone is 5. The minimum absolute atomic E-state index is 0.358. The minimum atomic E-state index is 0.358. The van der Waals surface area contributed by atoms with Crippen molar-refractivity contribution >= 4 is 88.4 Å². The molecule has 46 heavy (non-hydrogen) atoms. The molecule has 0 aliphatic heterocycles. The van der Waals surface area contributed by atoms with Crippen LogP contribution in [0.1, 0.15) is 23.3 Å². The average molecular weight is 595 g/mol. The van der Waals surface area contributed by atoms with Crippen molar-refractivity contribution in [2.75, 3.05) is 0 Å². The third-order valence-electron chi connectivity index (χ3n) is 10.2. The van der Waals surface area contributed by atoms with Crippen LogP contribution in [0.5, 0.6) is 0 Å². The Bertz CT molecular complexity index is 2820. The van der Waals surface area contributed by atoms with Crippen LogP contribution in [0.25, 0.3) is 88.4 Å². The summed E-state index contributed by atoms with van der Waals surface area (Å²) in [6.45, 7) is 0. The van der Waals surface area contributed by atoms with Gasteiger partial charge in [0.25, 0.3) is 0 Å². The van der Waals surface area contributed by atoms with Crippen LogP contribution < -0.4 is 0 Å². The Morgan fingerprint density at radius 2 is 1.13 bits per heavy atom. The molecule has 2 atom stereocenters. The maximum atomic E-state index is 6.53. The van der Waals surface area contributed by atoms with Crippen molar-refractivity contribution in [2.24, 2.45) is 11.8 Å². The zero-order valence-corrected chi connectivity index (χ0v) is 24.7. The molecule has 4 heterocycles. The summed E-state index contributed by atoms with van der Waals surface area (Å²) in [5.74, 6) is 1.80. The lowest BCUT2D eigenvalue weighted by molar-refractivity contribution is 0.427. The molecular formula is C42H26O4. The number of hydrogen-bond donors (Lipinski definition) is 0. The molecule has 11 rings (SSSR count). The van der Waals surface area contributed by atoms with E-state index in [1.807, 2.05) is 30.3 Å². The van der Waals surface area contributed by atoms with Crippen LogP contribution >= 0.6 is 0 Å². The molecule has 5 aromatic carbocycles. The van der Waals surface area contributed by atoms with E-state index in [4.69, 9.17) is 17.7 Å². The monoisotopic (exact) mass is 594 g/mol. The fourth-order valence-corrected chi connectivity index (χ4v) is 7.94. The molecule has 4 heteroatoms. The van der Waals surface area contributed by atoms with E-state index in [9.17, 15) is 0 Å². The second kappa shape index (κ2) is 8.92. The summed E-state index contributed by atoms with van der Waals surface area (Å²) in [7, 11) is 0. The van der Waals surface area contributed by atoms with Gasteiger partial charge < -0.3 is 17.7 Å². The van der Waals surface area contributed by atoms with Gasteiger partial charge in [-0.3, -0.25) is 0 Å². The van der Waals surface area contributed by atoms with Crippen molar-refractivity contribution in [1.82, 2.24) is 0 Å². The molecule has 0 amide bonds. The standard InChI is InChI=1S/C42H26O4/c1-4-11-36-27(8-1)30-15-16-31-32-19-25(13-17-37(32)46-42(31)41(30)45-36)23-6-5-7-24(18-23)26-12-14-29-34-22-39-33(21-40(34)44-38(29)20-26)28-9-2-3-10-35(28)43-39/h1-17,19,21-22,24,26H,18,20H2. The van der Waals surface area contributed by atoms with Gasteiger partial charge in [0, 0.05) is 49.7 Å². The summed E-state index contributed by atoms with van der Waals surface area (Å²) in [5, 5.41) is 7.74. The fourth-order valence-electron chi connectivity index (χ4n) is 7.94. The van der Waals surface area contributed by atoms with Crippen LogP contribution in [0.15, 0.2) is 133 Å². The van der Waals surface area contributed by atoms with Gasteiger partial charge in [0.2, 0.25) is 0 Å². The first-order valence-corrected chi connectivity index (χ1v) is 15.9. The SMILES string of the molecule is C1=CC(C2C=Cc3c(oc4cc5c(cc34)oc3ccccc35)C2)CC(c2ccc3oc4c(ccc5c6ccccc6oc54)c3c2)=C1. The highest BCUT2D eigenvalue weighted by Crippen LogP contribution is 2.43. The zero-order valence-electron chi connectivity index (χ0n) is 24.7. The average Bonchev–Trinajstić information content (AvgIpc) is 3.86. The molecule has 0 bridgehead atoms. The van der Waals surface area contributed by atoms with Crippen LogP contribution in [0.2, 0.25) is 0 Å². The Morgan fingerprint density at radius 3 is 1.98 bits per heavy atom. The Hall–Kier alpha value is -5.74.